The lowest BCUT2D eigenvalue weighted by atomic mass is 9.97. The Bertz CT molecular complexity index is 847. The van der Waals surface area contributed by atoms with Crippen LogP contribution in [0.3, 0.4) is 0 Å². The molecule has 7 nitrogen and oxygen atoms in total. The number of hydrogen-bond donors (Lipinski definition) is 0. The SMILES string of the molecule is CCOC(=O)c1ncn2c1CN(C)C(=O)c1cc([11C]#N)ccc1-2. The number of rotatable bonds is 2. The predicted octanol–water partition coefficient (Wildman–Crippen LogP) is 1.51. The van der Waals surface area contributed by atoms with Crippen LogP contribution in [0, 0.1) is 11.3 Å². The molecule has 1 aromatic carbocycles. The number of nitriles is 1. The molecule has 1 aliphatic heterocycles. The van der Waals surface area contributed by atoms with Crippen molar-refractivity contribution in [3.8, 4) is 11.8 Å². The Morgan fingerprint density at radius 2 is 2.26 bits per heavy atom. The molecule has 0 aliphatic carbocycles. The fourth-order valence-electron chi connectivity index (χ4n) is 2.59. The molecule has 1 aromatic heterocycles. The quantitative estimate of drug-likeness (QED) is 0.785. The molecule has 0 unspecified atom stereocenters. The molecule has 2 aromatic rings. The highest BCUT2D eigenvalue weighted by molar-refractivity contribution is 5.99. The molecule has 0 radical (unpaired) electrons. The van der Waals surface area contributed by atoms with Crippen LogP contribution in [-0.4, -0.2) is 40.0 Å². The number of aromatic nitrogens is 2. The number of fused-ring (bicyclic) bond motifs is 3. The van der Waals surface area contributed by atoms with Crippen LogP contribution >= 0.6 is 0 Å². The first-order chi connectivity index (χ1) is 11.1. The van der Waals surface area contributed by atoms with Gasteiger partial charge in [0.25, 0.3) is 5.91 Å². The lowest BCUT2D eigenvalue weighted by molar-refractivity contribution is 0.0516. The Kier molecular flexibility index (Phi) is 3.58. The third kappa shape index (κ3) is 2.34. The van der Waals surface area contributed by atoms with Crippen molar-refractivity contribution in [2.24, 2.45) is 0 Å². The minimum atomic E-state index is -0.515. The van der Waals surface area contributed by atoms with Gasteiger partial charge in [0.1, 0.15) is 6.33 Å². The van der Waals surface area contributed by atoms with Gasteiger partial charge in [0.15, 0.2) is 5.69 Å². The van der Waals surface area contributed by atoms with E-state index >= 15 is 0 Å². The summed E-state index contributed by atoms with van der Waals surface area (Å²) in [5.41, 5.74) is 2.18. The molecule has 0 saturated heterocycles. The van der Waals surface area contributed by atoms with Crippen molar-refractivity contribution in [2.75, 3.05) is 13.7 Å². The zero-order chi connectivity index (χ0) is 16.6. The number of hydrogen-bond acceptors (Lipinski definition) is 5. The molecular weight excluding hydrogens is 295 g/mol. The molecule has 3 rings (SSSR count). The number of benzene rings is 1. The largest absolute Gasteiger partial charge is 0.461 e. The van der Waals surface area contributed by atoms with Crippen LogP contribution < -0.4 is 0 Å². The molecule has 23 heavy (non-hydrogen) atoms. The van der Waals surface area contributed by atoms with Crippen molar-refractivity contribution in [2.45, 2.75) is 13.5 Å². The van der Waals surface area contributed by atoms with Gasteiger partial charge in [-0.2, -0.15) is 5.26 Å². The summed E-state index contributed by atoms with van der Waals surface area (Å²) < 4.78 is 6.72. The average Bonchev–Trinajstić information content (AvgIpc) is 2.93. The van der Waals surface area contributed by atoms with Crippen molar-refractivity contribution in [3.63, 3.8) is 0 Å². The Hall–Kier alpha value is -3.14. The van der Waals surface area contributed by atoms with Gasteiger partial charge in [-0.05, 0) is 25.1 Å². The number of ether oxygens (including phenoxy) is 1. The van der Waals surface area contributed by atoms with E-state index in [0.29, 0.717) is 22.5 Å². The maximum absolute atomic E-state index is 12.5. The summed E-state index contributed by atoms with van der Waals surface area (Å²) in [6, 6.07) is 6.89. The van der Waals surface area contributed by atoms with Crippen LogP contribution in [0.2, 0.25) is 0 Å². The summed E-state index contributed by atoms with van der Waals surface area (Å²) in [6.07, 6.45) is 1.50. The van der Waals surface area contributed by atoms with Crippen molar-refractivity contribution >= 4 is 11.9 Å². The van der Waals surface area contributed by atoms with Gasteiger partial charge in [-0.15, -0.1) is 0 Å². The van der Waals surface area contributed by atoms with Crippen LogP contribution in [0.1, 0.15) is 39.0 Å². The van der Waals surface area contributed by atoms with E-state index in [4.69, 9.17) is 10.00 Å². The first kappa shape index (κ1) is 14.8. The van der Waals surface area contributed by atoms with Crippen LogP contribution in [-0.2, 0) is 11.3 Å². The van der Waals surface area contributed by atoms with Crippen molar-refractivity contribution in [3.05, 3.63) is 47.0 Å². The standard InChI is InChI=1S/C16H14N4O3/c1-3-23-16(22)14-13-8-19(2)15(21)11-6-10(7-17)4-5-12(11)20(13)9-18-14/h4-6,9H,3,8H2,1-2H3/i7-1. The number of carbonyl (C=O) groups excluding carboxylic acids is 2. The van der Waals surface area contributed by atoms with E-state index in [0.717, 1.165) is 0 Å². The van der Waals surface area contributed by atoms with E-state index in [9.17, 15) is 9.59 Å². The third-order valence-electron chi connectivity index (χ3n) is 3.68. The molecule has 116 valence electrons. The zero-order valence-corrected chi connectivity index (χ0v) is 12.7. The molecule has 2 heterocycles. The first-order valence-corrected chi connectivity index (χ1v) is 7.10. The normalized spacial score (nSPS) is 12.9. The van der Waals surface area contributed by atoms with Crippen molar-refractivity contribution < 1.29 is 14.3 Å². The Morgan fingerprint density at radius 1 is 1.48 bits per heavy atom. The molecule has 1 aliphatic rings. The second kappa shape index (κ2) is 5.57. The molecular formula is C16H14N4O3. The van der Waals surface area contributed by atoms with Gasteiger partial charge in [0.2, 0.25) is 0 Å². The summed E-state index contributed by atoms with van der Waals surface area (Å²) in [5, 5.41) is 9.04. The number of imidazole rings is 1. The Balaban J connectivity index is 2.21. The fraction of sp³-hybridized carbons (Fsp3) is 0.250. The second-order valence-electron chi connectivity index (χ2n) is 5.14. The minimum Gasteiger partial charge on any atom is -0.461 e. The van der Waals surface area contributed by atoms with Gasteiger partial charge in [0.05, 0.1) is 41.7 Å². The molecule has 0 saturated carbocycles. The lowest BCUT2D eigenvalue weighted by Gasteiger charge is -2.14. The molecule has 0 atom stereocenters. The van der Waals surface area contributed by atoms with Crippen LogP contribution in [0.5, 0.6) is 0 Å². The van der Waals surface area contributed by atoms with E-state index in [1.54, 1.807) is 36.7 Å². The van der Waals surface area contributed by atoms with E-state index in [1.165, 1.54) is 11.2 Å². The van der Waals surface area contributed by atoms with Gasteiger partial charge in [0, 0.05) is 7.05 Å². The van der Waals surface area contributed by atoms with E-state index in [1.807, 2.05) is 6.07 Å². The molecule has 0 spiro atoms. The van der Waals surface area contributed by atoms with Gasteiger partial charge >= 0.3 is 5.97 Å². The molecule has 7 heteroatoms. The molecule has 0 N–H and O–H groups in total. The third-order valence-corrected chi connectivity index (χ3v) is 3.68. The molecule has 1 amide bonds. The van der Waals surface area contributed by atoms with Crippen molar-refractivity contribution in [1.29, 1.82) is 5.26 Å². The van der Waals surface area contributed by atoms with E-state index < -0.39 is 5.97 Å². The maximum atomic E-state index is 12.5. The smallest absolute Gasteiger partial charge is 0.358 e. The number of esters is 1. The highest BCUT2D eigenvalue weighted by atomic mass is 16.5. The van der Waals surface area contributed by atoms with Crippen molar-refractivity contribution in [1.82, 2.24) is 14.5 Å². The topological polar surface area (TPSA) is 88.2 Å². The monoisotopic (exact) mass is 309 g/mol. The zero-order valence-electron chi connectivity index (χ0n) is 12.7. The van der Waals surface area contributed by atoms with Crippen LogP contribution in [0.15, 0.2) is 24.5 Å². The summed E-state index contributed by atoms with van der Waals surface area (Å²) in [5.74, 6) is -0.727. The Morgan fingerprint density at radius 3 is 2.96 bits per heavy atom. The van der Waals surface area contributed by atoms with Gasteiger partial charge in [-0.1, -0.05) is 0 Å². The predicted molar refractivity (Wildman–Crippen MR) is 80.0 cm³/mol. The molecule has 0 fully saturated rings. The van der Waals surface area contributed by atoms with E-state index in [-0.39, 0.29) is 24.8 Å². The number of nitrogens with zero attached hydrogens (tertiary/aromatic N) is 4. The summed E-state index contributed by atoms with van der Waals surface area (Å²) in [6.45, 7) is 2.20. The second-order valence-corrected chi connectivity index (χ2v) is 5.14. The van der Waals surface area contributed by atoms with Gasteiger partial charge in [-0.25, -0.2) is 9.78 Å². The van der Waals surface area contributed by atoms with E-state index in [2.05, 4.69) is 4.98 Å². The van der Waals surface area contributed by atoms with Crippen LogP contribution in [0.25, 0.3) is 5.69 Å². The maximum Gasteiger partial charge on any atom is 0.358 e. The van der Waals surface area contributed by atoms with Gasteiger partial charge < -0.3 is 9.64 Å². The highest BCUT2D eigenvalue weighted by Gasteiger charge is 2.29. The lowest BCUT2D eigenvalue weighted by Crippen LogP contribution is -2.26. The summed E-state index contributed by atoms with van der Waals surface area (Å²) in [7, 11) is 1.64. The number of carbonyl (C=O) groups is 2. The first-order valence-electron chi connectivity index (χ1n) is 7.10. The summed E-state index contributed by atoms with van der Waals surface area (Å²) in [4.78, 5) is 30.2. The summed E-state index contributed by atoms with van der Waals surface area (Å²) >= 11 is 0. The minimum absolute atomic E-state index is 0.198. The Labute approximate surface area is 132 Å². The molecule has 0 bridgehead atoms. The average molecular weight is 309 g/mol. The van der Waals surface area contributed by atoms with Gasteiger partial charge in [-0.3, -0.25) is 9.36 Å². The van der Waals surface area contributed by atoms with Crippen LogP contribution in [0.4, 0.5) is 0 Å². The number of amides is 1. The fourth-order valence-corrected chi connectivity index (χ4v) is 2.59. The highest BCUT2D eigenvalue weighted by Crippen LogP contribution is 2.26.